The fourth-order valence-corrected chi connectivity index (χ4v) is 6.02. The molecule has 2 aromatic carbocycles. The monoisotopic (exact) mass is 617 g/mol. The molecular weight excluding hydrogens is 576 g/mol. The van der Waals surface area contributed by atoms with E-state index in [1.54, 1.807) is 36.4 Å². The van der Waals surface area contributed by atoms with E-state index in [1.807, 2.05) is 6.07 Å². The molecule has 0 amide bonds. The Hall–Kier alpha value is -3.32. The lowest BCUT2D eigenvalue weighted by atomic mass is 10.0. The minimum absolute atomic E-state index is 0.131. The predicted octanol–water partition coefficient (Wildman–Crippen LogP) is 4.24. The maximum Gasteiger partial charge on any atom is 0.232 e. The van der Waals surface area contributed by atoms with Crippen LogP contribution < -0.4 is 24.6 Å². The quantitative estimate of drug-likeness (QED) is 0.362. The number of methoxy groups -OCH3 is 1. The number of nitrogens with one attached hydrogen (secondary N) is 2. The van der Waals surface area contributed by atoms with Crippen LogP contribution in [0.5, 0.6) is 5.75 Å². The fraction of sp³-hybridized carbons (Fsp3) is 0.448. The highest BCUT2D eigenvalue weighted by Gasteiger charge is 2.27. The molecule has 13 heteroatoms. The van der Waals surface area contributed by atoms with E-state index in [2.05, 4.69) is 42.3 Å². The van der Waals surface area contributed by atoms with E-state index in [4.69, 9.17) is 20.5 Å². The average Bonchev–Trinajstić information content (AvgIpc) is 2.99. The number of ether oxygens (including phenoxy) is 1. The molecule has 42 heavy (non-hydrogen) atoms. The zero-order valence-corrected chi connectivity index (χ0v) is 25.6. The van der Waals surface area contributed by atoms with Crippen molar-refractivity contribution in [3.63, 3.8) is 0 Å². The maximum absolute atomic E-state index is 12.2. The lowest BCUT2D eigenvalue weighted by Crippen LogP contribution is -2.52. The van der Waals surface area contributed by atoms with Crippen LogP contribution >= 0.6 is 11.6 Å². The highest BCUT2D eigenvalue weighted by Crippen LogP contribution is 2.35. The molecule has 3 aromatic rings. The molecule has 2 N–H and O–H groups in total. The second-order valence-corrected chi connectivity index (χ2v) is 13.1. The van der Waals surface area contributed by atoms with E-state index >= 15 is 0 Å². The topological polar surface area (TPSA) is 106 Å². The lowest BCUT2D eigenvalue weighted by Gasteiger charge is -2.42. The van der Waals surface area contributed by atoms with E-state index < -0.39 is 17.1 Å². The first-order chi connectivity index (χ1) is 21.3. The zero-order chi connectivity index (χ0) is 32.4. The van der Waals surface area contributed by atoms with Gasteiger partial charge in [-0.25, -0.2) is 13.4 Å². The molecule has 2 aliphatic rings. The minimum Gasteiger partial charge on any atom is -0.494 e. The number of piperazine rings is 1. The summed E-state index contributed by atoms with van der Waals surface area (Å²) in [7, 11) is -2.58. The fourth-order valence-electron chi connectivity index (χ4n) is 5.37. The van der Waals surface area contributed by atoms with Crippen LogP contribution in [0.4, 0.5) is 34.5 Å². The van der Waals surface area contributed by atoms with Crippen molar-refractivity contribution in [2.45, 2.75) is 18.9 Å². The summed E-state index contributed by atoms with van der Waals surface area (Å²) >= 11 is 6.41. The van der Waals surface area contributed by atoms with Crippen LogP contribution in [0, 0.1) is 0 Å². The van der Waals surface area contributed by atoms with Crippen LogP contribution in [0.2, 0.25) is 5.02 Å². The number of hydrogen-bond acceptors (Lipinski definition) is 10. The van der Waals surface area contributed by atoms with Crippen molar-refractivity contribution < 1.29 is 17.3 Å². The number of nitrogens with zero attached hydrogens (tertiary/aromatic N) is 6. The van der Waals surface area contributed by atoms with E-state index in [-0.39, 0.29) is 22.5 Å². The molecule has 11 nitrogen and oxygen atoms in total. The normalized spacial score (nSPS) is 18.6. The molecule has 0 spiro atoms. The van der Waals surface area contributed by atoms with Gasteiger partial charge in [0.2, 0.25) is 16.0 Å². The van der Waals surface area contributed by atoms with Crippen molar-refractivity contribution in [3.8, 4) is 5.75 Å². The first-order valence-corrected chi connectivity index (χ1v) is 16.1. The van der Waals surface area contributed by atoms with Crippen molar-refractivity contribution in [1.29, 1.82) is 0 Å². The van der Waals surface area contributed by atoms with Gasteiger partial charge >= 0.3 is 0 Å². The zero-order valence-electron chi connectivity index (χ0n) is 27.0. The molecule has 0 unspecified atom stereocenters. The van der Waals surface area contributed by atoms with Gasteiger partial charge in [0.1, 0.15) is 10.8 Å². The number of piperidine rings is 1. The number of anilines is 6. The Morgan fingerprint density at radius 3 is 2.50 bits per heavy atom. The largest absolute Gasteiger partial charge is 0.494 e. The number of aromatic nitrogens is 2. The van der Waals surface area contributed by atoms with Crippen molar-refractivity contribution >= 4 is 56.1 Å². The highest BCUT2D eigenvalue weighted by atomic mass is 35.5. The van der Waals surface area contributed by atoms with Gasteiger partial charge in [0, 0.05) is 64.1 Å². The minimum atomic E-state index is -3.52. The Balaban J connectivity index is 1.34. The van der Waals surface area contributed by atoms with E-state index in [1.165, 1.54) is 13.2 Å². The van der Waals surface area contributed by atoms with Gasteiger partial charge in [-0.2, -0.15) is 4.98 Å². The summed E-state index contributed by atoms with van der Waals surface area (Å²) in [5.41, 5.74) is 2.11. The molecule has 0 radical (unpaired) electrons. The second kappa shape index (κ2) is 12.9. The third kappa shape index (κ3) is 7.00. The van der Waals surface area contributed by atoms with Gasteiger partial charge in [-0.3, -0.25) is 9.21 Å². The van der Waals surface area contributed by atoms with Crippen molar-refractivity contribution in [2.24, 2.45) is 0 Å². The third-order valence-electron chi connectivity index (χ3n) is 7.94. The molecule has 3 heterocycles. The summed E-state index contributed by atoms with van der Waals surface area (Å²) in [5, 5.41) is 6.35. The molecule has 2 fully saturated rings. The van der Waals surface area contributed by atoms with Gasteiger partial charge in [0.15, 0.2) is 5.82 Å². The summed E-state index contributed by atoms with van der Waals surface area (Å²) in [6.45, 7) is 6.09. The van der Waals surface area contributed by atoms with Crippen LogP contribution in [0.1, 0.15) is 17.0 Å². The number of para-hydroxylation sites is 2. The predicted molar refractivity (Wildman–Crippen MR) is 171 cm³/mol. The lowest BCUT2D eigenvalue weighted by molar-refractivity contribution is 0.0982. The smallest absolute Gasteiger partial charge is 0.232 e. The number of benzene rings is 2. The molecule has 1 aromatic heterocycles. The summed E-state index contributed by atoms with van der Waals surface area (Å²) in [6, 6.07) is 12.8. The summed E-state index contributed by atoms with van der Waals surface area (Å²) in [6.07, 6.45) is 4.59. The van der Waals surface area contributed by atoms with Gasteiger partial charge in [-0.15, -0.1) is 0 Å². The van der Waals surface area contributed by atoms with Gasteiger partial charge in [-0.05, 0) is 44.2 Å². The first kappa shape index (κ1) is 26.3. The molecular formula is C29H39ClN8O3S. The number of sulfonamides is 1. The summed E-state index contributed by atoms with van der Waals surface area (Å²) in [4.78, 5) is 16.0. The average molecular weight is 618 g/mol. The van der Waals surface area contributed by atoms with Gasteiger partial charge < -0.3 is 25.2 Å². The van der Waals surface area contributed by atoms with Gasteiger partial charge in [0.25, 0.3) is 0 Å². The molecule has 0 atom stereocenters. The number of hydrogen-bond donors (Lipinski definition) is 2. The number of halogens is 1. The summed E-state index contributed by atoms with van der Waals surface area (Å²) in [5.74, 6) is 0.496. The van der Waals surface area contributed by atoms with Gasteiger partial charge in [0.05, 0.1) is 40.7 Å². The molecule has 2 aliphatic heterocycles. The Morgan fingerprint density at radius 1 is 1.05 bits per heavy atom. The van der Waals surface area contributed by atoms with Crippen LogP contribution in [-0.2, 0) is 10.0 Å². The highest BCUT2D eigenvalue weighted by molar-refractivity contribution is 7.92. The van der Waals surface area contributed by atoms with Crippen LogP contribution in [-0.4, -0.2) is 101 Å². The van der Waals surface area contributed by atoms with Gasteiger partial charge in [-0.1, -0.05) is 23.7 Å². The Bertz CT molecular complexity index is 1600. The van der Waals surface area contributed by atoms with E-state index in [0.29, 0.717) is 23.1 Å². The molecule has 0 saturated carbocycles. The van der Waals surface area contributed by atoms with Crippen molar-refractivity contribution in [2.75, 3.05) is 86.5 Å². The summed E-state index contributed by atoms with van der Waals surface area (Å²) < 4.78 is 54.2. The Kier molecular flexibility index (Phi) is 8.09. The van der Waals surface area contributed by atoms with E-state index in [0.717, 1.165) is 68.4 Å². The van der Waals surface area contributed by atoms with E-state index in [9.17, 15) is 8.42 Å². The third-order valence-corrected chi connectivity index (χ3v) is 9.41. The first-order valence-electron chi connectivity index (χ1n) is 15.4. The molecule has 2 saturated heterocycles. The van der Waals surface area contributed by atoms with Crippen LogP contribution in [0.3, 0.4) is 0 Å². The standard InChI is InChI=1S/C29H39ClN8O3S/c1-35-15-17-38(18-16-35)21-11-13-37(14-12-21)22-9-10-25(27(19-22)41-3)33-29-31-20-23(30)28(34-29)32-24-7-5-6-8-26(24)36(2)42(4,39)40/h5-10,19-21H,11-18H2,1-4H3,(H2,31,32,33,34)/i3D3. The molecule has 226 valence electrons. The molecule has 0 aliphatic carbocycles. The number of rotatable bonds is 9. The maximum atomic E-state index is 12.2. The second-order valence-electron chi connectivity index (χ2n) is 10.7. The Labute approximate surface area is 257 Å². The Morgan fingerprint density at radius 2 is 1.79 bits per heavy atom. The van der Waals surface area contributed by atoms with Crippen LogP contribution in [0.15, 0.2) is 48.7 Å². The number of likely N-dealkylation sites (N-methyl/N-ethyl adjacent to an activating group) is 1. The van der Waals surface area contributed by atoms with Crippen molar-refractivity contribution in [3.05, 3.63) is 53.7 Å². The van der Waals surface area contributed by atoms with Crippen LogP contribution in [0.25, 0.3) is 0 Å². The SMILES string of the molecule is [2H]C([2H])([2H])Oc1cc(N2CCC(N3CCN(C)CC3)CC2)ccc1Nc1ncc(Cl)c(Nc2ccccc2N(C)S(C)(=O)=O)n1. The molecule has 0 bridgehead atoms. The van der Waals surface area contributed by atoms with Crippen molar-refractivity contribution in [1.82, 2.24) is 19.8 Å². The molecule has 5 rings (SSSR count).